The summed E-state index contributed by atoms with van der Waals surface area (Å²) >= 11 is 0. The Hall–Kier alpha value is -2.15. The summed E-state index contributed by atoms with van der Waals surface area (Å²) in [6, 6.07) is 15.5. The lowest BCUT2D eigenvalue weighted by Crippen LogP contribution is -2.35. The molecule has 1 aromatic heterocycles. The van der Waals surface area contributed by atoms with Gasteiger partial charge in [-0.1, -0.05) is 38.1 Å². The zero-order chi connectivity index (χ0) is 15.9. The van der Waals surface area contributed by atoms with Gasteiger partial charge in [0.2, 0.25) is 5.69 Å². The van der Waals surface area contributed by atoms with Crippen LogP contribution in [0.1, 0.15) is 42.1 Å². The minimum Gasteiger partial charge on any atom is -0.164 e. The highest BCUT2D eigenvalue weighted by Gasteiger charge is 2.19. The zero-order valence-electron chi connectivity index (χ0n) is 14.1. The summed E-state index contributed by atoms with van der Waals surface area (Å²) in [5.74, 6) is 0.502. The number of hydrogen-bond donors (Lipinski definition) is 0. The van der Waals surface area contributed by atoms with Crippen molar-refractivity contribution in [3.63, 3.8) is 0 Å². The molecular formula is C21H24N+. The molecule has 1 heteroatoms. The van der Waals surface area contributed by atoms with Crippen molar-refractivity contribution in [1.82, 2.24) is 0 Å². The van der Waals surface area contributed by atoms with Crippen LogP contribution in [0.25, 0.3) is 16.5 Å². The summed E-state index contributed by atoms with van der Waals surface area (Å²) in [7, 11) is 0. The van der Waals surface area contributed by atoms with E-state index in [4.69, 9.17) is 0 Å². The average molecular weight is 290 g/mol. The van der Waals surface area contributed by atoms with Crippen LogP contribution in [0, 0.1) is 20.8 Å². The van der Waals surface area contributed by atoms with Crippen LogP contribution in [0.3, 0.4) is 0 Å². The van der Waals surface area contributed by atoms with Crippen molar-refractivity contribution in [2.45, 2.75) is 40.5 Å². The van der Waals surface area contributed by atoms with Gasteiger partial charge in [-0.15, -0.1) is 0 Å². The van der Waals surface area contributed by atoms with Crippen molar-refractivity contribution in [1.29, 1.82) is 0 Å². The summed E-state index contributed by atoms with van der Waals surface area (Å²) in [5.41, 5.74) is 6.57. The van der Waals surface area contributed by atoms with Gasteiger partial charge >= 0.3 is 0 Å². The average Bonchev–Trinajstić information content (AvgIpc) is 2.46. The fraction of sp³-hybridized carbons (Fsp3) is 0.286. The van der Waals surface area contributed by atoms with E-state index in [2.05, 4.69) is 87.8 Å². The van der Waals surface area contributed by atoms with Gasteiger partial charge in [0, 0.05) is 30.0 Å². The van der Waals surface area contributed by atoms with Crippen molar-refractivity contribution in [2.24, 2.45) is 0 Å². The fourth-order valence-corrected chi connectivity index (χ4v) is 3.30. The Bertz CT molecular complexity index is 824. The first-order valence-corrected chi connectivity index (χ1v) is 8.00. The summed E-state index contributed by atoms with van der Waals surface area (Å²) < 4.78 is 2.34. The van der Waals surface area contributed by atoms with Crippen LogP contribution in [0.5, 0.6) is 0 Å². The largest absolute Gasteiger partial charge is 0.211 e. The first-order valence-electron chi connectivity index (χ1n) is 8.00. The van der Waals surface area contributed by atoms with E-state index in [-0.39, 0.29) is 0 Å². The normalized spacial score (nSPS) is 11.4. The maximum absolute atomic E-state index is 2.34. The molecule has 0 aliphatic rings. The van der Waals surface area contributed by atoms with Crippen LogP contribution in [-0.4, -0.2) is 0 Å². The summed E-state index contributed by atoms with van der Waals surface area (Å²) in [6.07, 6.45) is 2.32. The number of benzene rings is 2. The molecule has 1 heterocycles. The molecule has 0 bridgehead atoms. The van der Waals surface area contributed by atoms with Gasteiger partial charge in [-0.05, 0) is 42.3 Å². The van der Waals surface area contributed by atoms with Gasteiger partial charge in [0.25, 0.3) is 0 Å². The molecule has 0 spiro atoms. The molecule has 0 N–H and O–H groups in total. The Morgan fingerprint density at radius 2 is 1.41 bits per heavy atom. The van der Waals surface area contributed by atoms with Crippen molar-refractivity contribution in [3.05, 3.63) is 71.0 Å². The number of aryl methyl sites for hydroxylation is 3. The summed E-state index contributed by atoms with van der Waals surface area (Å²) in [4.78, 5) is 0. The van der Waals surface area contributed by atoms with Crippen LogP contribution in [-0.2, 0) is 0 Å². The van der Waals surface area contributed by atoms with Crippen LogP contribution in [0.4, 0.5) is 0 Å². The highest BCUT2D eigenvalue weighted by molar-refractivity contribution is 5.86. The second-order valence-corrected chi connectivity index (χ2v) is 6.59. The van der Waals surface area contributed by atoms with E-state index in [1.54, 1.807) is 0 Å². The number of aromatic nitrogens is 1. The number of hydrogen-bond acceptors (Lipinski definition) is 0. The highest BCUT2D eigenvalue weighted by Crippen LogP contribution is 2.26. The number of nitrogens with zero attached hydrogens (tertiary/aromatic N) is 1. The maximum atomic E-state index is 2.34. The van der Waals surface area contributed by atoms with E-state index < -0.39 is 0 Å². The van der Waals surface area contributed by atoms with Crippen molar-refractivity contribution in [3.8, 4) is 5.69 Å². The monoisotopic (exact) mass is 290 g/mol. The molecule has 2 aromatic carbocycles. The van der Waals surface area contributed by atoms with E-state index in [0.29, 0.717) is 5.92 Å². The second kappa shape index (κ2) is 5.57. The Labute approximate surface area is 133 Å². The third-order valence-corrected chi connectivity index (χ3v) is 4.36. The molecule has 22 heavy (non-hydrogen) atoms. The molecule has 0 aliphatic carbocycles. The van der Waals surface area contributed by atoms with Crippen LogP contribution < -0.4 is 4.57 Å². The SMILES string of the molecule is Cc1cc(C)cc(-[n+]2cc(C(C)C)c3ccccc3c2C)c1. The van der Waals surface area contributed by atoms with Gasteiger partial charge in [-0.3, -0.25) is 0 Å². The van der Waals surface area contributed by atoms with Crippen LogP contribution in [0.2, 0.25) is 0 Å². The molecule has 0 aliphatic heterocycles. The summed E-state index contributed by atoms with van der Waals surface area (Å²) in [5, 5.41) is 2.71. The lowest BCUT2D eigenvalue weighted by atomic mass is 9.96. The van der Waals surface area contributed by atoms with E-state index in [1.807, 2.05) is 0 Å². The highest BCUT2D eigenvalue weighted by atomic mass is 15.0. The molecule has 0 saturated heterocycles. The smallest absolute Gasteiger partial charge is 0.164 e. The van der Waals surface area contributed by atoms with Gasteiger partial charge in [-0.2, -0.15) is 4.57 Å². The molecule has 0 radical (unpaired) electrons. The zero-order valence-corrected chi connectivity index (χ0v) is 14.1. The Morgan fingerprint density at radius 3 is 2.00 bits per heavy atom. The minimum absolute atomic E-state index is 0.502. The van der Waals surface area contributed by atoms with E-state index >= 15 is 0 Å². The third-order valence-electron chi connectivity index (χ3n) is 4.36. The van der Waals surface area contributed by atoms with Gasteiger partial charge in [0.1, 0.15) is 0 Å². The fourth-order valence-electron chi connectivity index (χ4n) is 3.30. The Balaban J connectivity index is 2.37. The van der Waals surface area contributed by atoms with Gasteiger partial charge < -0.3 is 0 Å². The number of pyridine rings is 1. The van der Waals surface area contributed by atoms with Crippen LogP contribution >= 0.6 is 0 Å². The second-order valence-electron chi connectivity index (χ2n) is 6.59. The molecular weight excluding hydrogens is 266 g/mol. The summed E-state index contributed by atoms with van der Waals surface area (Å²) in [6.45, 7) is 11.1. The minimum atomic E-state index is 0.502. The van der Waals surface area contributed by atoms with Gasteiger partial charge in [0.05, 0.1) is 0 Å². The molecule has 0 fully saturated rings. The number of rotatable bonds is 2. The van der Waals surface area contributed by atoms with Crippen molar-refractivity contribution >= 4 is 10.8 Å². The molecule has 0 atom stereocenters. The first kappa shape index (κ1) is 14.8. The predicted octanol–water partition coefficient (Wildman–Crippen LogP) is 5.17. The van der Waals surface area contributed by atoms with E-state index in [9.17, 15) is 0 Å². The van der Waals surface area contributed by atoms with Gasteiger partial charge in [-0.25, -0.2) is 0 Å². The quantitative estimate of drug-likeness (QED) is 0.574. The first-order chi connectivity index (χ1) is 10.5. The molecule has 0 saturated carbocycles. The Kier molecular flexibility index (Phi) is 3.74. The lowest BCUT2D eigenvalue weighted by Gasteiger charge is -2.12. The molecule has 3 rings (SSSR count). The van der Waals surface area contributed by atoms with E-state index in [0.717, 1.165) is 0 Å². The Morgan fingerprint density at radius 1 is 0.818 bits per heavy atom. The van der Waals surface area contributed by atoms with Crippen molar-refractivity contribution in [2.75, 3.05) is 0 Å². The van der Waals surface area contributed by atoms with Crippen LogP contribution in [0.15, 0.2) is 48.7 Å². The maximum Gasteiger partial charge on any atom is 0.211 e. The topological polar surface area (TPSA) is 3.88 Å². The van der Waals surface area contributed by atoms with Crippen molar-refractivity contribution < 1.29 is 4.57 Å². The molecule has 0 amide bonds. The third kappa shape index (κ3) is 2.52. The molecule has 112 valence electrons. The standard InChI is InChI=1S/C21H24N/c1-14(2)21-13-22(18-11-15(3)10-16(4)12-18)17(5)19-8-6-7-9-20(19)21/h6-14H,1-5H3/q+1. The molecule has 3 aromatic rings. The van der Waals surface area contributed by atoms with Gasteiger partial charge in [0.15, 0.2) is 11.9 Å². The lowest BCUT2D eigenvalue weighted by molar-refractivity contribution is -0.601. The number of fused-ring (bicyclic) bond motifs is 1. The van der Waals surface area contributed by atoms with E-state index in [1.165, 1.54) is 38.8 Å². The molecule has 1 nitrogen and oxygen atoms in total. The predicted molar refractivity (Wildman–Crippen MR) is 93.8 cm³/mol. The molecule has 0 unspecified atom stereocenters.